The molecule has 0 aromatic heterocycles. The van der Waals surface area contributed by atoms with E-state index in [-0.39, 0.29) is 54.7 Å². The summed E-state index contributed by atoms with van der Waals surface area (Å²) >= 11 is 1.98. The molecule has 42 heavy (non-hydrogen) atoms. The van der Waals surface area contributed by atoms with Crippen LogP contribution in [0, 0.1) is 3.57 Å². The van der Waals surface area contributed by atoms with Crippen molar-refractivity contribution in [3.05, 3.63) is 62.7 Å². The molecular formula is C28H27F7INO4S. The summed E-state index contributed by atoms with van der Waals surface area (Å²) in [6.07, 6.45) is -10.8. The second kappa shape index (κ2) is 10.3. The third kappa shape index (κ3) is 4.56. The number of likely N-dealkylation sites (tertiary alicyclic amines) is 1. The van der Waals surface area contributed by atoms with Crippen LogP contribution in [0.25, 0.3) is 0 Å². The molecule has 1 amide bonds. The number of alkyl halides is 7. The Balaban J connectivity index is 1.69. The van der Waals surface area contributed by atoms with E-state index in [9.17, 15) is 49.1 Å². The van der Waals surface area contributed by atoms with E-state index in [0.29, 0.717) is 25.0 Å². The van der Waals surface area contributed by atoms with Crippen molar-refractivity contribution >= 4 is 38.3 Å². The molecular weight excluding hydrogens is 706 g/mol. The number of nitrogens with zero attached hydrogens (tertiary/aromatic N) is 1. The van der Waals surface area contributed by atoms with Crippen LogP contribution in [0.1, 0.15) is 61.6 Å². The molecule has 0 spiro atoms. The van der Waals surface area contributed by atoms with Gasteiger partial charge in [0, 0.05) is 15.7 Å². The first kappa shape index (κ1) is 31.5. The number of hydrogen-bond acceptors (Lipinski definition) is 4. The average Bonchev–Trinajstić information content (AvgIpc) is 3.33. The second-order valence-corrected chi connectivity index (χ2v) is 14.7. The molecule has 1 heterocycles. The molecule has 2 aromatic rings. The number of aliphatic hydroxyl groups is 1. The Morgan fingerprint density at radius 2 is 1.50 bits per heavy atom. The van der Waals surface area contributed by atoms with E-state index >= 15 is 0 Å². The Kier molecular flexibility index (Phi) is 7.73. The summed E-state index contributed by atoms with van der Waals surface area (Å²) in [5, 5.41) is 11.2. The van der Waals surface area contributed by atoms with Gasteiger partial charge in [-0.15, -0.1) is 0 Å². The Morgan fingerprint density at radius 1 is 0.905 bits per heavy atom. The van der Waals surface area contributed by atoms with Crippen molar-refractivity contribution < 1.29 is 49.1 Å². The normalized spacial score (nSPS) is 24.7. The predicted molar refractivity (Wildman–Crippen MR) is 146 cm³/mol. The van der Waals surface area contributed by atoms with Gasteiger partial charge in [0.25, 0.3) is 5.91 Å². The highest BCUT2D eigenvalue weighted by Crippen LogP contribution is 2.57. The van der Waals surface area contributed by atoms with Crippen molar-refractivity contribution in [3.63, 3.8) is 0 Å². The van der Waals surface area contributed by atoms with E-state index in [1.807, 2.05) is 22.6 Å². The third-order valence-corrected chi connectivity index (χ3v) is 12.3. The monoisotopic (exact) mass is 733 g/mol. The van der Waals surface area contributed by atoms with Crippen molar-refractivity contribution in [1.82, 2.24) is 4.90 Å². The van der Waals surface area contributed by atoms with Crippen LogP contribution in [0.3, 0.4) is 0 Å². The fourth-order valence-corrected chi connectivity index (χ4v) is 9.64. The first-order chi connectivity index (χ1) is 19.4. The zero-order valence-electron chi connectivity index (χ0n) is 22.0. The maximum Gasteiger partial charge on any atom is 0.435 e. The minimum absolute atomic E-state index is 0.0707. The highest BCUT2D eigenvalue weighted by atomic mass is 127. The van der Waals surface area contributed by atoms with Crippen molar-refractivity contribution in [2.75, 3.05) is 6.54 Å². The molecule has 230 valence electrons. The molecule has 1 saturated heterocycles. The van der Waals surface area contributed by atoms with E-state index in [0.717, 1.165) is 16.1 Å². The lowest BCUT2D eigenvalue weighted by atomic mass is 9.76. The summed E-state index contributed by atoms with van der Waals surface area (Å²) in [7, 11) is -4.43. The Hall–Kier alpha value is -1.94. The first-order valence-electron chi connectivity index (χ1n) is 13.4. The quantitative estimate of drug-likeness (QED) is 0.288. The van der Waals surface area contributed by atoms with Crippen LogP contribution in [0.5, 0.6) is 0 Å². The number of carbonyl (C=O) groups is 1. The molecule has 5 rings (SSSR count). The van der Waals surface area contributed by atoms with Gasteiger partial charge >= 0.3 is 18.0 Å². The van der Waals surface area contributed by atoms with E-state index in [4.69, 9.17) is 0 Å². The molecule has 2 fully saturated rings. The van der Waals surface area contributed by atoms with E-state index in [2.05, 4.69) is 0 Å². The average molecular weight is 733 g/mol. The van der Waals surface area contributed by atoms with Crippen LogP contribution < -0.4 is 0 Å². The van der Waals surface area contributed by atoms with Gasteiger partial charge in [-0.25, -0.2) is 12.8 Å². The van der Waals surface area contributed by atoms with Crippen molar-refractivity contribution in [2.24, 2.45) is 0 Å². The van der Waals surface area contributed by atoms with Crippen LogP contribution in [0.2, 0.25) is 0 Å². The second-order valence-electron chi connectivity index (χ2n) is 11.3. The fraction of sp³-hybridized carbons (Fsp3) is 0.536. The van der Waals surface area contributed by atoms with Gasteiger partial charge in [-0.1, -0.05) is 37.5 Å². The summed E-state index contributed by atoms with van der Waals surface area (Å²) in [5.41, 5.74) is -9.30. The Morgan fingerprint density at radius 3 is 2.07 bits per heavy atom. The molecule has 1 N–H and O–H groups in total. The zero-order valence-corrected chi connectivity index (χ0v) is 25.0. The standard InChI is InChI=1S/C28H27F7INO4S/c29-26(27(30,31)32,28(33,34)35)18-5-10-21-17(16-18)4-11-22-25(21,42(40,41)20-8-6-19(36)7-9-20)14-15-37(22)23(38)24(39)12-2-1-3-13-24/h5-10,16,22,39H,1-4,11-15H2/t22-,25-/m1/s1. The summed E-state index contributed by atoms with van der Waals surface area (Å²) in [6.45, 7) is -0.102. The fourth-order valence-electron chi connectivity index (χ4n) is 6.92. The van der Waals surface area contributed by atoms with Crippen molar-refractivity contribution in [3.8, 4) is 0 Å². The van der Waals surface area contributed by atoms with Gasteiger partial charge in [-0.05, 0) is 90.1 Å². The van der Waals surface area contributed by atoms with Gasteiger partial charge in [-0.3, -0.25) is 4.79 Å². The van der Waals surface area contributed by atoms with Crippen LogP contribution in [0.4, 0.5) is 30.7 Å². The van der Waals surface area contributed by atoms with Crippen LogP contribution in [-0.2, 0) is 31.5 Å². The number of sulfone groups is 1. The number of aryl methyl sites for hydroxylation is 1. The molecule has 1 saturated carbocycles. The minimum Gasteiger partial charge on any atom is -0.380 e. The largest absolute Gasteiger partial charge is 0.435 e. The van der Waals surface area contributed by atoms with Gasteiger partial charge in [0.1, 0.15) is 10.3 Å². The van der Waals surface area contributed by atoms with E-state index < -0.39 is 55.7 Å². The molecule has 2 atom stereocenters. The van der Waals surface area contributed by atoms with Gasteiger partial charge < -0.3 is 10.0 Å². The SMILES string of the molecule is O=C(N1CC[C@@]2(S(=O)(=O)c3ccc(I)cc3)c3ccc(C(F)(C(F)(F)F)C(F)(F)F)cc3CC[C@@H]12)C1(O)CCCCC1. The Bertz CT molecular complexity index is 1470. The lowest BCUT2D eigenvalue weighted by Crippen LogP contribution is -2.57. The molecule has 0 unspecified atom stereocenters. The predicted octanol–water partition coefficient (Wildman–Crippen LogP) is 6.49. The topological polar surface area (TPSA) is 74.7 Å². The number of benzene rings is 2. The number of rotatable bonds is 4. The van der Waals surface area contributed by atoms with Crippen molar-refractivity contribution in [1.29, 1.82) is 0 Å². The smallest absolute Gasteiger partial charge is 0.380 e. The van der Waals surface area contributed by atoms with Gasteiger partial charge in [-0.2, -0.15) is 26.3 Å². The molecule has 2 aliphatic carbocycles. The maximum absolute atomic E-state index is 15.0. The Labute approximate surface area is 251 Å². The minimum atomic E-state index is -6.33. The summed E-state index contributed by atoms with van der Waals surface area (Å²) in [6, 6.07) is 6.35. The molecule has 14 heteroatoms. The van der Waals surface area contributed by atoms with Crippen LogP contribution in [0.15, 0.2) is 47.4 Å². The van der Waals surface area contributed by atoms with Gasteiger partial charge in [0.15, 0.2) is 9.84 Å². The number of hydrogen-bond donors (Lipinski definition) is 1. The molecule has 3 aliphatic rings. The van der Waals surface area contributed by atoms with Gasteiger partial charge in [0.2, 0.25) is 0 Å². The number of carbonyl (C=O) groups excluding carboxylic acids is 1. The molecule has 0 bridgehead atoms. The molecule has 2 aromatic carbocycles. The molecule has 0 radical (unpaired) electrons. The first-order valence-corrected chi connectivity index (χ1v) is 16.0. The highest BCUT2D eigenvalue weighted by molar-refractivity contribution is 14.1. The maximum atomic E-state index is 15.0. The number of fused-ring (bicyclic) bond motifs is 3. The summed E-state index contributed by atoms with van der Waals surface area (Å²) < 4.78 is 124. The lowest BCUT2D eigenvalue weighted by molar-refractivity contribution is -0.348. The van der Waals surface area contributed by atoms with Crippen LogP contribution >= 0.6 is 22.6 Å². The number of amides is 1. The molecule has 5 nitrogen and oxygen atoms in total. The van der Waals surface area contributed by atoms with E-state index in [1.165, 1.54) is 17.0 Å². The van der Waals surface area contributed by atoms with Crippen molar-refractivity contribution in [2.45, 2.75) is 90.7 Å². The molecule has 1 aliphatic heterocycles. The third-order valence-electron chi connectivity index (χ3n) is 9.01. The summed E-state index contributed by atoms with van der Waals surface area (Å²) in [4.78, 5) is 14.9. The van der Waals surface area contributed by atoms with Gasteiger partial charge in [0.05, 0.1) is 10.9 Å². The highest BCUT2D eigenvalue weighted by Gasteiger charge is 2.74. The lowest BCUT2D eigenvalue weighted by Gasteiger charge is -2.44. The van der Waals surface area contributed by atoms with Crippen LogP contribution in [-0.4, -0.2) is 54.9 Å². The zero-order chi connectivity index (χ0) is 30.9. The number of halogens is 8. The van der Waals surface area contributed by atoms with E-state index in [1.54, 1.807) is 12.1 Å². The summed E-state index contributed by atoms with van der Waals surface area (Å²) in [5.74, 6) is -0.635.